The minimum atomic E-state index is -0.462. The average Bonchev–Trinajstić information content (AvgIpc) is 3.08. The standard InChI is InChI=1S/C20H17N3O3S/c1-13-3-9-17(14(2)11-13)18-12-27-20(21-18)22-19(24)10-6-15-4-7-16(8-5-15)23(25)26/h3-12H,1-2H3,(H,21,22,24)/b10-6-. The van der Waals surface area contributed by atoms with Crippen molar-refractivity contribution in [1.29, 1.82) is 0 Å². The molecule has 27 heavy (non-hydrogen) atoms. The monoisotopic (exact) mass is 379 g/mol. The van der Waals surface area contributed by atoms with Crippen LogP contribution in [0.2, 0.25) is 0 Å². The molecule has 3 aromatic rings. The Morgan fingerprint density at radius 1 is 1.19 bits per heavy atom. The van der Waals surface area contributed by atoms with Crippen molar-refractivity contribution in [2.24, 2.45) is 0 Å². The molecule has 0 aliphatic heterocycles. The summed E-state index contributed by atoms with van der Waals surface area (Å²) in [4.78, 5) is 26.7. The first-order chi connectivity index (χ1) is 12.9. The van der Waals surface area contributed by atoms with Gasteiger partial charge in [0.1, 0.15) is 0 Å². The van der Waals surface area contributed by atoms with E-state index in [2.05, 4.69) is 16.4 Å². The van der Waals surface area contributed by atoms with E-state index in [1.54, 1.807) is 18.2 Å². The van der Waals surface area contributed by atoms with E-state index < -0.39 is 4.92 Å². The van der Waals surface area contributed by atoms with Crippen LogP contribution in [0, 0.1) is 24.0 Å². The average molecular weight is 379 g/mol. The Bertz CT molecular complexity index is 1020. The maximum absolute atomic E-state index is 12.1. The Morgan fingerprint density at radius 3 is 2.59 bits per heavy atom. The maximum Gasteiger partial charge on any atom is 0.269 e. The van der Waals surface area contributed by atoms with Gasteiger partial charge in [-0.25, -0.2) is 4.98 Å². The maximum atomic E-state index is 12.1. The van der Waals surface area contributed by atoms with Crippen molar-refractivity contribution in [1.82, 2.24) is 4.98 Å². The number of amides is 1. The van der Waals surface area contributed by atoms with E-state index >= 15 is 0 Å². The lowest BCUT2D eigenvalue weighted by Crippen LogP contribution is -2.07. The number of anilines is 1. The van der Waals surface area contributed by atoms with Crippen LogP contribution in [0.15, 0.2) is 53.9 Å². The van der Waals surface area contributed by atoms with Crippen LogP contribution in [0.4, 0.5) is 10.8 Å². The fourth-order valence-electron chi connectivity index (χ4n) is 2.58. The summed E-state index contributed by atoms with van der Waals surface area (Å²) in [7, 11) is 0. The predicted molar refractivity (Wildman–Crippen MR) is 108 cm³/mol. The Labute approximate surface area is 160 Å². The van der Waals surface area contributed by atoms with Crippen LogP contribution in [0.5, 0.6) is 0 Å². The lowest BCUT2D eigenvalue weighted by atomic mass is 10.0. The highest BCUT2D eigenvalue weighted by atomic mass is 32.1. The normalized spacial score (nSPS) is 10.9. The molecule has 7 heteroatoms. The van der Waals surface area contributed by atoms with Crippen molar-refractivity contribution < 1.29 is 9.72 Å². The number of hydrogen-bond donors (Lipinski definition) is 1. The second-order valence-electron chi connectivity index (χ2n) is 6.03. The lowest BCUT2D eigenvalue weighted by molar-refractivity contribution is -0.384. The summed E-state index contributed by atoms with van der Waals surface area (Å²) < 4.78 is 0. The number of hydrogen-bond acceptors (Lipinski definition) is 5. The van der Waals surface area contributed by atoms with Crippen molar-refractivity contribution in [3.63, 3.8) is 0 Å². The number of carbonyl (C=O) groups excluding carboxylic acids is 1. The number of thiazole rings is 1. The first-order valence-electron chi connectivity index (χ1n) is 8.19. The number of rotatable bonds is 5. The van der Waals surface area contributed by atoms with Crippen LogP contribution in [-0.4, -0.2) is 15.8 Å². The van der Waals surface area contributed by atoms with Crippen LogP contribution in [0.25, 0.3) is 17.3 Å². The number of nitrogens with zero attached hydrogens (tertiary/aromatic N) is 2. The highest BCUT2D eigenvalue weighted by molar-refractivity contribution is 7.14. The largest absolute Gasteiger partial charge is 0.298 e. The molecule has 0 aliphatic carbocycles. The Morgan fingerprint density at radius 2 is 1.93 bits per heavy atom. The van der Waals surface area contributed by atoms with Gasteiger partial charge in [-0.2, -0.15) is 0 Å². The van der Waals surface area contributed by atoms with E-state index in [4.69, 9.17) is 0 Å². The molecule has 1 aromatic heterocycles. The van der Waals surface area contributed by atoms with Crippen molar-refractivity contribution in [2.75, 3.05) is 5.32 Å². The van der Waals surface area contributed by atoms with E-state index in [1.807, 2.05) is 31.4 Å². The fourth-order valence-corrected chi connectivity index (χ4v) is 3.30. The number of nitro benzene ring substituents is 1. The Kier molecular flexibility index (Phi) is 5.42. The lowest BCUT2D eigenvalue weighted by Gasteiger charge is -2.03. The van der Waals surface area contributed by atoms with Crippen LogP contribution in [0.3, 0.4) is 0 Å². The third-order valence-electron chi connectivity index (χ3n) is 3.92. The number of non-ortho nitro benzene ring substituents is 1. The van der Waals surface area contributed by atoms with Crippen LogP contribution in [-0.2, 0) is 4.79 Å². The van der Waals surface area contributed by atoms with E-state index in [1.165, 1.54) is 35.1 Å². The molecule has 0 aliphatic rings. The Balaban J connectivity index is 1.66. The molecule has 0 saturated carbocycles. The molecule has 0 atom stereocenters. The molecule has 0 fully saturated rings. The zero-order valence-corrected chi connectivity index (χ0v) is 15.6. The first kappa shape index (κ1) is 18.5. The molecule has 1 heterocycles. The van der Waals surface area contributed by atoms with Crippen LogP contribution < -0.4 is 5.32 Å². The SMILES string of the molecule is Cc1ccc(-c2csc(NC(=O)/C=C\c3ccc([N+](=O)[O-])cc3)n2)c(C)c1. The van der Waals surface area contributed by atoms with Gasteiger partial charge < -0.3 is 0 Å². The van der Waals surface area contributed by atoms with Gasteiger partial charge in [-0.05, 0) is 43.2 Å². The summed E-state index contributed by atoms with van der Waals surface area (Å²) >= 11 is 1.36. The van der Waals surface area contributed by atoms with E-state index in [0.717, 1.165) is 16.8 Å². The van der Waals surface area contributed by atoms with Crippen LogP contribution in [0.1, 0.15) is 16.7 Å². The molecule has 0 spiro atoms. The van der Waals surface area contributed by atoms with Gasteiger partial charge in [-0.15, -0.1) is 11.3 Å². The molecule has 136 valence electrons. The number of aromatic nitrogens is 1. The molecule has 0 bridgehead atoms. The summed E-state index contributed by atoms with van der Waals surface area (Å²) in [5.41, 5.74) is 4.91. The molecule has 1 N–H and O–H groups in total. The molecule has 0 unspecified atom stereocenters. The third kappa shape index (κ3) is 4.65. The van der Waals surface area contributed by atoms with Gasteiger partial charge in [0.25, 0.3) is 5.69 Å². The minimum absolute atomic E-state index is 0.0123. The first-order valence-corrected chi connectivity index (χ1v) is 9.07. The van der Waals surface area contributed by atoms with E-state index in [-0.39, 0.29) is 11.6 Å². The molecule has 6 nitrogen and oxygen atoms in total. The molecule has 0 radical (unpaired) electrons. The van der Waals surface area contributed by atoms with Gasteiger partial charge in [0.05, 0.1) is 10.6 Å². The quantitative estimate of drug-likeness (QED) is 0.384. The highest BCUT2D eigenvalue weighted by Crippen LogP contribution is 2.28. The summed E-state index contributed by atoms with van der Waals surface area (Å²) in [5.74, 6) is -0.310. The van der Waals surface area contributed by atoms with Crippen molar-refractivity contribution >= 4 is 34.1 Å². The second kappa shape index (κ2) is 7.92. The predicted octanol–water partition coefficient (Wildman–Crippen LogP) is 4.99. The minimum Gasteiger partial charge on any atom is -0.298 e. The van der Waals surface area contributed by atoms with E-state index in [9.17, 15) is 14.9 Å². The van der Waals surface area contributed by atoms with Crippen molar-refractivity contribution in [3.05, 3.63) is 80.7 Å². The van der Waals surface area contributed by atoms with Gasteiger partial charge in [-0.1, -0.05) is 23.8 Å². The molecular formula is C20H17N3O3S. The molecular weight excluding hydrogens is 362 g/mol. The zero-order chi connectivity index (χ0) is 19.4. The van der Waals surface area contributed by atoms with Gasteiger partial charge >= 0.3 is 0 Å². The highest BCUT2D eigenvalue weighted by Gasteiger charge is 2.09. The van der Waals surface area contributed by atoms with E-state index in [0.29, 0.717) is 10.7 Å². The van der Waals surface area contributed by atoms with Crippen molar-refractivity contribution in [3.8, 4) is 11.3 Å². The number of nitrogens with one attached hydrogen (secondary N) is 1. The molecule has 0 saturated heterocycles. The number of aryl methyl sites for hydroxylation is 2. The fraction of sp³-hybridized carbons (Fsp3) is 0.100. The summed E-state index contributed by atoms with van der Waals surface area (Å²) in [6.45, 7) is 4.08. The topological polar surface area (TPSA) is 85.1 Å². The Hall–Kier alpha value is -3.32. The molecule has 1 amide bonds. The second-order valence-corrected chi connectivity index (χ2v) is 6.89. The van der Waals surface area contributed by atoms with Gasteiger partial charge in [-0.3, -0.25) is 20.2 Å². The number of carbonyl (C=O) groups is 1. The molecule has 2 aromatic carbocycles. The third-order valence-corrected chi connectivity index (χ3v) is 4.68. The van der Waals surface area contributed by atoms with Gasteiger partial charge in [0.2, 0.25) is 5.91 Å². The molecule has 3 rings (SSSR count). The zero-order valence-electron chi connectivity index (χ0n) is 14.8. The summed E-state index contributed by atoms with van der Waals surface area (Å²) in [5, 5.41) is 15.8. The summed E-state index contributed by atoms with van der Waals surface area (Å²) in [6.07, 6.45) is 2.97. The van der Waals surface area contributed by atoms with Crippen LogP contribution >= 0.6 is 11.3 Å². The van der Waals surface area contributed by atoms with Crippen molar-refractivity contribution in [2.45, 2.75) is 13.8 Å². The number of benzene rings is 2. The smallest absolute Gasteiger partial charge is 0.269 e. The summed E-state index contributed by atoms with van der Waals surface area (Å²) in [6, 6.07) is 12.1. The number of nitro groups is 1. The van der Waals surface area contributed by atoms with Gasteiger partial charge in [0.15, 0.2) is 5.13 Å². The van der Waals surface area contributed by atoms with Gasteiger partial charge in [0, 0.05) is 29.2 Å².